The Morgan fingerprint density at radius 2 is 2.00 bits per heavy atom. The molecule has 1 amide bonds. The van der Waals surface area contributed by atoms with E-state index < -0.39 is 5.60 Å². The largest absolute Gasteiger partial charge is 0.444 e. The summed E-state index contributed by atoms with van der Waals surface area (Å²) in [4.78, 5) is 13.7. The molecule has 120 valence electrons. The Hall–Kier alpha value is -1.29. The zero-order valence-electron chi connectivity index (χ0n) is 13.2. The number of carbonyl (C=O) groups is 1. The summed E-state index contributed by atoms with van der Waals surface area (Å²) in [7, 11) is 0. The number of carbonyl (C=O) groups excluding carboxylic acids is 1. The number of nitrogens with zero attached hydrogens (tertiary/aromatic N) is 1. The Morgan fingerprint density at radius 3 is 2.59 bits per heavy atom. The summed E-state index contributed by atoms with van der Waals surface area (Å²) in [5, 5.41) is 0.241. The maximum atomic E-state index is 13.5. The highest BCUT2D eigenvalue weighted by Crippen LogP contribution is 2.57. The third kappa shape index (κ3) is 2.81. The van der Waals surface area contributed by atoms with E-state index in [2.05, 4.69) is 0 Å². The standard InChI is InChI=1S/C17H21ClFNO2/c1-16(2,3)22-15(21)20-9-17(10-20)7-11(8-17)12-5-4-6-13(19)14(12)18/h4-6,11H,7-10H2,1-3H3. The van der Waals surface area contributed by atoms with Crippen molar-refractivity contribution in [3.63, 3.8) is 0 Å². The molecule has 3 nitrogen and oxygen atoms in total. The molecule has 2 fully saturated rings. The molecule has 1 aliphatic heterocycles. The zero-order valence-corrected chi connectivity index (χ0v) is 13.9. The van der Waals surface area contributed by atoms with Gasteiger partial charge in [-0.05, 0) is 51.2 Å². The first-order valence-electron chi connectivity index (χ1n) is 7.61. The van der Waals surface area contributed by atoms with Gasteiger partial charge in [-0.15, -0.1) is 0 Å². The van der Waals surface area contributed by atoms with Gasteiger partial charge in [-0.25, -0.2) is 9.18 Å². The normalized spacial score (nSPS) is 20.5. The molecule has 0 unspecified atom stereocenters. The Labute approximate surface area is 135 Å². The summed E-state index contributed by atoms with van der Waals surface area (Å²) >= 11 is 6.05. The van der Waals surface area contributed by atoms with Crippen LogP contribution in [0.2, 0.25) is 5.02 Å². The predicted octanol–water partition coefficient (Wildman–Crippen LogP) is 4.59. The van der Waals surface area contributed by atoms with Crippen LogP contribution in [-0.2, 0) is 4.74 Å². The summed E-state index contributed by atoms with van der Waals surface area (Å²) < 4.78 is 18.9. The summed E-state index contributed by atoms with van der Waals surface area (Å²) in [6.45, 7) is 7.06. The van der Waals surface area contributed by atoms with Gasteiger partial charge >= 0.3 is 6.09 Å². The first-order valence-corrected chi connectivity index (χ1v) is 7.99. The van der Waals surface area contributed by atoms with E-state index in [4.69, 9.17) is 16.3 Å². The lowest BCUT2D eigenvalue weighted by molar-refractivity contribution is -0.0786. The number of halogens is 2. The quantitative estimate of drug-likeness (QED) is 0.755. The highest BCUT2D eigenvalue weighted by molar-refractivity contribution is 6.31. The second kappa shape index (κ2) is 5.12. The molecule has 1 spiro atoms. The van der Waals surface area contributed by atoms with E-state index >= 15 is 0 Å². The summed E-state index contributed by atoms with van der Waals surface area (Å²) in [6, 6.07) is 4.98. The van der Waals surface area contributed by atoms with Crippen molar-refractivity contribution >= 4 is 17.7 Å². The topological polar surface area (TPSA) is 29.5 Å². The van der Waals surface area contributed by atoms with E-state index in [-0.39, 0.29) is 22.3 Å². The van der Waals surface area contributed by atoms with Crippen LogP contribution in [0, 0.1) is 11.2 Å². The summed E-state index contributed by atoms with van der Waals surface area (Å²) in [6.07, 6.45) is 1.66. The molecule has 0 N–H and O–H groups in total. The van der Waals surface area contributed by atoms with Gasteiger partial charge in [0.2, 0.25) is 0 Å². The maximum Gasteiger partial charge on any atom is 0.410 e. The van der Waals surface area contributed by atoms with Gasteiger partial charge in [0.1, 0.15) is 11.4 Å². The Kier molecular flexibility index (Phi) is 3.63. The monoisotopic (exact) mass is 325 g/mol. The molecule has 22 heavy (non-hydrogen) atoms. The zero-order chi connectivity index (χ0) is 16.1. The minimum Gasteiger partial charge on any atom is -0.444 e. The molecule has 2 aliphatic rings. The van der Waals surface area contributed by atoms with Gasteiger partial charge in [0.05, 0.1) is 5.02 Å². The fourth-order valence-electron chi connectivity index (χ4n) is 3.52. The van der Waals surface area contributed by atoms with Crippen LogP contribution < -0.4 is 0 Å². The molecule has 1 saturated carbocycles. The van der Waals surface area contributed by atoms with Crippen LogP contribution in [0.25, 0.3) is 0 Å². The smallest absolute Gasteiger partial charge is 0.410 e. The van der Waals surface area contributed by atoms with E-state index in [1.165, 1.54) is 6.07 Å². The number of hydrogen-bond donors (Lipinski definition) is 0. The van der Waals surface area contributed by atoms with Crippen LogP contribution in [-0.4, -0.2) is 29.7 Å². The van der Waals surface area contributed by atoms with E-state index in [9.17, 15) is 9.18 Å². The third-order valence-corrected chi connectivity index (χ3v) is 4.88. The molecule has 1 aliphatic carbocycles. The van der Waals surface area contributed by atoms with Gasteiger partial charge in [0.25, 0.3) is 0 Å². The molecule has 1 heterocycles. The first kappa shape index (κ1) is 15.6. The fraction of sp³-hybridized carbons (Fsp3) is 0.588. The average Bonchev–Trinajstić information content (AvgIpc) is 2.28. The van der Waals surface area contributed by atoms with Crippen molar-refractivity contribution in [2.45, 2.75) is 45.1 Å². The number of amides is 1. The summed E-state index contributed by atoms with van der Waals surface area (Å²) in [5.41, 5.74) is 0.608. The first-order chi connectivity index (χ1) is 10.2. The maximum absolute atomic E-state index is 13.5. The third-order valence-electron chi connectivity index (χ3n) is 4.48. The van der Waals surface area contributed by atoms with Gasteiger partial charge in [-0.3, -0.25) is 0 Å². The van der Waals surface area contributed by atoms with Crippen LogP contribution in [0.1, 0.15) is 45.1 Å². The number of likely N-dealkylation sites (tertiary alicyclic amines) is 1. The molecule has 0 bridgehead atoms. The van der Waals surface area contributed by atoms with Crippen molar-refractivity contribution in [3.8, 4) is 0 Å². The van der Waals surface area contributed by atoms with Gasteiger partial charge in [0, 0.05) is 18.5 Å². The highest BCUT2D eigenvalue weighted by atomic mass is 35.5. The lowest BCUT2D eigenvalue weighted by Gasteiger charge is -2.59. The van der Waals surface area contributed by atoms with Crippen molar-refractivity contribution in [1.29, 1.82) is 0 Å². The average molecular weight is 326 g/mol. The predicted molar refractivity (Wildman–Crippen MR) is 83.6 cm³/mol. The number of ether oxygens (including phenoxy) is 1. The molecular formula is C17H21ClFNO2. The molecule has 5 heteroatoms. The van der Waals surface area contributed by atoms with E-state index in [0.717, 1.165) is 31.5 Å². The van der Waals surface area contributed by atoms with Crippen molar-refractivity contribution < 1.29 is 13.9 Å². The van der Waals surface area contributed by atoms with Crippen LogP contribution in [0.15, 0.2) is 18.2 Å². The van der Waals surface area contributed by atoms with Gasteiger partial charge in [-0.2, -0.15) is 0 Å². The van der Waals surface area contributed by atoms with Gasteiger partial charge in [0.15, 0.2) is 0 Å². The molecule has 3 rings (SSSR count). The van der Waals surface area contributed by atoms with E-state index in [0.29, 0.717) is 5.92 Å². The second-order valence-electron chi connectivity index (χ2n) is 7.58. The second-order valence-corrected chi connectivity index (χ2v) is 7.96. The van der Waals surface area contributed by atoms with E-state index in [1.807, 2.05) is 26.8 Å². The fourth-order valence-corrected chi connectivity index (χ4v) is 3.80. The van der Waals surface area contributed by atoms with E-state index in [1.54, 1.807) is 11.0 Å². The molecule has 1 aromatic carbocycles. The Morgan fingerprint density at radius 1 is 1.36 bits per heavy atom. The minimum atomic E-state index is -0.461. The molecular weight excluding hydrogens is 305 g/mol. The van der Waals surface area contributed by atoms with Gasteiger partial charge in [-0.1, -0.05) is 23.7 Å². The van der Waals surface area contributed by atoms with Crippen LogP contribution >= 0.6 is 11.6 Å². The summed E-state index contributed by atoms with van der Waals surface area (Å²) in [5.74, 6) is -0.0619. The van der Waals surface area contributed by atoms with Crippen molar-refractivity contribution in [1.82, 2.24) is 4.90 Å². The van der Waals surface area contributed by atoms with Crippen molar-refractivity contribution in [3.05, 3.63) is 34.6 Å². The molecule has 0 atom stereocenters. The Bertz CT molecular complexity index is 597. The van der Waals surface area contributed by atoms with Crippen LogP contribution in [0.3, 0.4) is 0 Å². The number of benzene rings is 1. The number of hydrogen-bond acceptors (Lipinski definition) is 2. The van der Waals surface area contributed by atoms with Crippen LogP contribution in [0.4, 0.5) is 9.18 Å². The van der Waals surface area contributed by atoms with Crippen molar-refractivity contribution in [2.24, 2.45) is 5.41 Å². The number of rotatable bonds is 1. The lowest BCUT2D eigenvalue weighted by Crippen LogP contribution is -2.63. The lowest BCUT2D eigenvalue weighted by atomic mass is 9.56. The SMILES string of the molecule is CC(C)(C)OC(=O)N1CC2(CC(c3cccc(F)c3Cl)C2)C1. The molecule has 1 saturated heterocycles. The van der Waals surface area contributed by atoms with Crippen LogP contribution in [0.5, 0.6) is 0 Å². The molecule has 1 aromatic rings. The van der Waals surface area contributed by atoms with Crippen molar-refractivity contribution in [2.75, 3.05) is 13.1 Å². The minimum absolute atomic E-state index is 0.178. The molecule has 0 aromatic heterocycles. The molecule has 0 radical (unpaired) electrons. The van der Waals surface area contributed by atoms with Gasteiger partial charge < -0.3 is 9.64 Å². The highest BCUT2D eigenvalue weighted by Gasteiger charge is 2.54. The Balaban J connectivity index is 1.55.